The van der Waals surface area contributed by atoms with Crippen molar-refractivity contribution in [2.75, 3.05) is 6.54 Å². The summed E-state index contributed by atoms with van der Waals surface area (Å²) in [6, 6.07) is 1.69. The van der Waals surface area contributed by atoms with Crippen LogP contribution < -0.4 is 43.9 Å². The van der Waals surface area contributed by atoms with Crippen LogP contribution in [-0.2, 0) is 26.9 Å². The molecule has 1 aromatic carbocycles. The molecule has 0 aliphatic heterocycles. The zero-order chi connectivity index (χ0) is 32.5. The van der Waals surface area contributed by atoms with Gasteiger partial charge in [0, 0.05) is 19.5 Å². The first-order chi connectivity index (χ1) is 19.6. The maximum absolute atomic E-state index is 12.8. The molecular formula is C18H25N4NaO17P4. The van der Waals surface area contributed by atoms with Gasteiger partial charge in [0.2, 0.25) is 11.7 Å². The van der Waals surface area contributed by atoms with Gasteiger partial charge >= 0.3 is 60.8 Å². The van der Waals surface area contributed by atoms with Crippen molar-refractivity contribution < 1.29 is 110 Å². The molecule has 0 radical (unpaired) electrons. The molecule has 3 rings (SSSR count). The average molecular weight is 716 g/mol. The van der Waals surface area contributed by atoms with Crippen LogP contribution in [0.1, 0.15) is 50.1 Å². The molecule has 2 atom stereocenters. The van der Waals surface area contributed by atoms with Crippen molar-refractivity contribution in [3.63, 3.8) is 0 Å². The molecule has 0 aliphatic carbocycles. The summed E-state index contributed by atoms with van der Waals surface area (Å²) in [6.07, 6.45) is 0. The fraction of sp³-hybridized carbons (Fsp3) is 0.333. The van der Waals surface area contributed by atoms with E-state index in [1.54, 1.807) is 6.92 Å². The standard InChI is InChI=1S/C18H24N4O17P4.Na.H/c1-5-19-18(23)15-14(17-20-9(4)34-22-17)16(35-21-15)11-6-10(8(2)3)12(36-42(30,31)38-40(24,25)26)7-13(11)37-43(32,33)39-41(27,28)29;;/h6-8H,5H2,1-4H3,(H,19,23)(H,30,31)(H,32,33)(H2,24,25,26)(H2,27,28,29);;/q;+1;-1. The quantitative estimate of drug-likeness (QED) is 0.0894. The number of rotatable bonds is 13. The van der Waals surface area contributed by atoms with Gasteiger partial charge in [-0.15, -0.1) is 0 Å². The molecule has 21 nitrogen and oxygen atoms in total. The summed E-state index contributed by atoms with van der Waals surface area (Å²) < 4.78 is 75.0. The van der Waals surface area contributed by atoms with Crippen LogP contribution in [-0.4, -0.2) is 57.1 Å². The molecule has 0 fully saturated rings. The SMILES string of the molecule is CCNC(=O)c1noc(-c2cc(C(C)C)c(OP(=O)(O)OP(=O)(O)O)cc2OP(=O)(O)OP(=O)(O)O)c1-c1noc(C)n1.[H-].[Na+]. The Balaban J connectivity index is 0.00000506. The number of hydrogen-bond acceptors (Lipinski definition) is 14. The first-order valence-corrected chi connectivity index (χ1v) is 17.5. The van der Waals surface area contributed by atoms with E-state index >= 15 is 0 Å². The summed E-state index contributed by atoms with van der Waals surface area (Å²) in [6.45, 7) is 6.22. The van der Waals surface area contributed by atoms with Crippen molar-refractivity contribution >= 4 is 37.2 Å². The maximum atomic E-state index is 12.8. The number of nitrogens with zero attached hydrogens (tertiary/aromatic N) is 3. The molecule has 240 valence electrons. The summed E-state index contributed by atoms with van der Waals surface area (Å²) in [7, 11) is -22.6. The Labute approximate surface area is 270 Å². The second-order valence-corrected chi connectivity index (χ2v) is 14.0. The molecule has 2 heterocycles. The third-order valence-electron chi connectivity index (χ3n) is 4.82. The Morgan fingerprint density at radius 2 is 1.48 bits per heavy atom. The van der Waals surface area contributed by atoms with Gasteiger partial charge in [0.05, 0.1) is 5.56 Å². The van der Waals surface area contributed by atoms with E-state index in [-0.39, 0.29) is 60.4 Å². The predicted molar refractivity (Wildman–Crippen MR) is 140 cm³/mol. The third kappa shape index (κ3) is 10.4. The fourth-order valence-corrected chi connectivity index (χ4v) is 6.62. The summed E-state index contributed by atoms with van der Waals surface area (Å²) in [5.74, 6) is -3.74. The van der Waals surface area contributed by atoms with Crippen molar-refractivity contribution in [3.8, 4) is 34.2 Å². The fourth-order valence-electron chi connectivity index (χ4n) is 3.39. The number of aromatic nitrogens is 3. The topological polar surface area (TPSA) is 321 Å². The van der Waals surface area contributed by atoms with Crippen LogP contribution in [0.3, 0.4) is 0 Å². The first-order valence-electron chi connectivity index (χ1n) is 11.5. The largest absolute Gasteiger partial charge is 1.00 e. The monoisotopic (exact) mass is 716 g/mol. The molecule has 26 heteroatoms. The van der Waals surface area contributed by atoms with Crippen LogP contribution in [0, 0.1) is 6.92 Å². The molecular weight excluding hydrogens is 691 g/mol. The second-order valence-electron chi connectivity index (χ2n) is 8.54. The molecule has 0 saturated carbocycles. The van der Waals surface area contributed by atoms with Crippen LogP contribution in [0.25, 0.3) is 22.7 Å². The number of phosphoric ester groups is 2. The van der Waals surface area contributed by atoms with E-state index in [9.17, 15) is 32.8 Å². The minimum atomic E-state index is -5.73. The van der Waals surface area contributed by atoms with Crippen molar-refractivity contribution in [2.45, 2.75) is 33.6 Å². The van der Waals surface area contributed by atoms with Gasteiger partial charge in [-0.25, -0.2) is 18.3 Å². The van der Waals surface area contributed by atoms with E-state index in [0.717, 1.165) is 6.07 Å². The zero-order valence-corrected chi connectivity index (χ0v) is 28.8. The number of carbonyl (C=O) groups is 1. The molecule has 2 unspecified atom stereocenters. The molecule has 1 amide bonds. The van der Waals surface area contributed by atoms with Gasteiger partial charge in [0.15, 0.2) is 11.5 Å². The number of amides is 1. The van der Waals surface area contributed by atoms with Crippen LogP contribution in [0.15, 0.2) is 21.2 Å². The summed E-state index contributed by atoms with van der Waals surface area (Å²) in [4.78, 5) is 72.8. The van der Waals surface area contributed by atoms with Gasteiger partial charge in [0.1, 0.15) is 17.1 Å². The average Bonchev–Trinajstić information content (AvgIpc) is 3.41. The number of hydrogen-bond donors (Lipinski definition) is 7. The van der Waals surface area contributed by atoms with Gasteiger partial charge in [-0.1, -0.05) is 24.2 Å². The Morgan fingerprint density at radius 3 is 1.93 bits per heavy atom. The Kier molecular flexibility index (Phi) is 12.5. The minimum absolute atomic E-state index is 0. The minimum Gasteiger partial charge on any atom is -1.00 e. The van der Waals surface area contributed by atoms with E-state index in [1.807, 2.05) is 0 Å². The van der Waals surface area contributed by atoms with Crippen LogP contribution in [0.2, 0.25) is 0 Å². The Hall–Kier alpha value is -1.76. The first kappa shape index (κ1) is 38.4. The van der Waals surface area contributed by atoms with E-state index in [1.165, 1.54) is 20.8 Å². The van der Waals surface area contributed by atoms with E-state index in [2.05, 4.69) is 29.2 Å². The maximum Gasteiger partial charge on any atom is 1.00 e. The number of nitrogens with one attached hydrogen (secondary N) is 1. The third-order valence-corrected chi connectivity index (χ3v) is 9.03. The molecule has 44 heavy (non-hydrogen) atoms. The number of carbonyl (C=O) groups excluding carboxylic acids is 1. The van der Waals surface area contributed by atoms with E-state index in [0.29, 0.717) is 6.07 Å². The molecule has 0 spiro atoms. The zero-order valence-electron chi connectivity index (χ0n) is 24.2. The molecule has 2 aromatic heterocycles. The number of benzene rings is 1. The number of aryl methyl sites for hydroxylation is 1. The van der Waals surface area contributed by atoms with E-state index < -0.39 is 71.6 Å². The van der Waals surface area contributed by atoms with Crippen LogP contribution >= 0.6 is 31.3 Å². The Morgan fingerprint density at radius 1 is 0.932 bits per heavy atom. The van der Waals surface area contributed by atoms with Gasteiger partial charge in [-0.3, -0.25) is 14.6 Å². The predicted octanol–water partition coefficient (Wildman–Crippen LogP) is -0.133. The molecule has 0 saturated heterocycles. The van der Waals surface area contributed by atoms with Gasteiger partial charge in [-0.05, 0) is 24.5 Å². The Bertz CT molecular complexity index is 1720. The normalized spacial score (nSPS) is 14.8. The molecule has 3 aromatic rings. The van der Waals surface area contributed by atoms with Crippen LogP contribution in [0.5, 0.6) is 11.5 Å². The van der Waals surface area contributed by atoms with Crippen molar-refractivity contribution in [1.82, 2.24) is 20.6 Å². The van der Waals surface area contributed by atoms with Gasteiger partial charge in [0.25, 0.3) is 5.91 Å². The van der Waals surface area contributed by atoms with Gasteiger partial charge in [-0.2, -0.15) is 13.6 Å². The molecule has 0 aliphatic rings. The van der Waals surface area contributed by atoms with Crippen molar-refractivity contribution in [2.24, 2.45) is 0 Å². The summed E-state index contributed by atoms with van der Waals surface area (Å²) in [5, 5.41) is 9.93. The summed E-state index contributed by atoms with van der Waals surface area (Å²) in [5.41, 5.74) is -1.11. The van der Waals surface area contributed by atoms with E-state index in [4.69, 9.17) is 37.7 Å². The molecule has 7 N–H and O–H groups in total. The number of phosphoric acid groups is 4. The smallest absolute Gasteiger partial charge is 1.00 e. The second kappa shape index (κ2) is 14.3. The van der Waals surface area contributed by atoms with Gasteiger partial charge < -0.3 is 44.4 Å². The van der Waals surface area contributed by atoms with Crippen LogP contribution in [0.4, 0.5) is 0 Å². The summed E-state index contributed by atoms with van der Waals surface area (Å²) >= 11 is 0. The van der Waals surface area contributed by atoms with Crippen molar-refractivity contribution in [1.29, 1.82) is 0 Å². The van der Waals surface area contributed by atoms with Crippen molar-refractivity contribution in [3.05, 3.63) is 29.3 Å². The molecule has 0 bridgehead atoms.